The number of aryl methyl sites for hydroxylation is 1. The molecule has 1 atom stereocenters. The standard InChI is InChI=1S/C21H20FN3O3S/c1-14(20(27)17-8-10-18(22)11-9-17)28-19(26)13-29-21-24-23-15(2)25(21)12-16-6-4-3-5-7-16/h3-11,14H,12-13H2,1-2H3/t14-/m0/s1. The molecule has 0 fully saturated rings. The SMILES string of the molecule is Cc1nnc(SCC(=O)O[C@@H](C)C(=O)c2ccc(F)cc2)n1Cc1ccccc1. The number of thioether (sulfide) groups is 1. The molecule has 0 aliphatic carbocycles. The Labute approximate surface area is 172 Å². The third-order valence-electron chi connectivity index (χ3n) is 4.21. The lowest BCUT2D eigenvalue weighted by Crippen LogP contribution is -2.25. The fraction of sp³-hybridized carbons (Fsp3) is 0.238. The lowest BCUT2D eigenvalue weighted by molar-refractivity contribution is -0.143. The summed E-state index contributed by atoms with van der Waals surface area (Å²) in [6.07, 6.45) is -0.961. The van der Waals surface area contributed by atoms with Gasteiger partial charge in [-0.1, -0.05) is 42.1 Å². The molecule has 6 nitrogen and oxygen atoms in total. The van der Waals surface area contributed by atoms with E-state index in [0.717, 1.165) is 11.4 Å². The molecule has 8 heteroatoms. The highest BCUT2D eigenvalue weighted by Crippen LogP contribution is 2.19. The van der Waals surface area contributed by atoms with Gasteiger partial charge >= 0.3 is 5.97 Å². The second-order valence-electron chi connectivity index (χ2n) is 6.39. The molecule has 1 aromatic heterocycles. The molecule has 0 amide bonds. The number of ketones is 1. The summed E-state index contributed by atoms with van der Waals surface area (Å²) in [5.74, 6) is -0.619. The predicted molar refractivity (Wildman–Crippen MR) is 107 cm³/mol. The van der Waals surface area contributed by atoms with Crippen LogP contribution in [0.4, 0.5) is 4.39 Å². The van der Waals surface area contributed by atoms with E-state index in [1.165, 1.54) is 43.0 Å². The number of hydrogen-bond acceptors (Lipinski definition) is 6. The maximum atomic E-state index is 13.0. The van der Waals surface area contributed by atoms with E-state index in [0.29, 0.717) is 11.7 Å². The Morgan fingerprint density at radius 1 is 1.10 bits per heavy atom. The molecule has 0 spiro atoms. The molecule has 3 aromatic rings. The van der Waals surface area contributed by atoms with E-state index in [1.54, 1.807) is 0 Å². The first-order valence-electron chi connectivity index (χ1n) is 9.00. The van der Waals surface area contributed by atoms with Crippen molar-refractivity contribution in [2.75, 3.05) is 5.75 Å². The van der Waals surface area contributed by atoms with Crippen LogP contribution in [0.15, 0.2) is 59.8 Å². The van der Waals surface area contributed by atoms with Gasteiger partial charge in [-0.25, -0.2) is 4.39 Å². The first kappa shape index (κ1) is 20.7. The Hall–Kier alpha value is -3.00. The number of ether oxygens (including phenoxy) is 1. The molecule has 0 unspecified atom stereocenters. The largest absolute Gasteiger partial charge is 0.454 e. The minimum Gasteiger partial charge on any atom is -0.454 e. The van der Waals surface area contributed by atoms with Crippen molar-refractivity contribution in [1.29, 1.82) is 0 Å². The van der Waals surface area contributed by atoms with Crippen LogP contribution >= 0.6 is 11.8 Å². The van der Waals surface area contributed by atoms with Crippen molar-refractivity contribution in [2.24, 2.45) is 0 Å². The number of rotatable bonds is 8. The first-order chi connectivity index (χ1) is 13.9. The molecule has 29 heavy (non-hydrogen) atoms. The zero-order valence-corrected chi connectivity index (χ0v) is 16.9. The first-order valence-corrected chi connectivity index (χ1v) is 9.98. The number of hydrogen-bond donors (Lipinski definition) is 0. The molecule has 2 aromatic carbocycles. The summed E-state index contributed by atoms with van der Waals surface area (Å²) in [5.41, 5.74) is 1.39. The zero-order chi connectivity index (χ0) is 20.8. The molecule has 0 bridgehead atoms. The molecule has 0 radical (unpaired) electrons. The lowest BCUT2D eigenvalue weighted by Gasteiger charge is -2.12. The highest BCUT2D eigenvalue weighted by molar-refractivity contribution is 7.99. The minimum absolute atomic E-state index is 0.00599. The average Bonchev–Trinajstić information content (AvgIpc) is 3.06. The van der Waals surface area contributed by atoms with Gasteiger partial charge in [-0.3, -0.25) is 9.59 Å². The van der Waals surface area contributed by atoms with Crippen LogP contribution in [0.1, 0.15) is 28.7 Å². The van der Waals surface area contributed by atoms with Gasteiger partial charge in [-0.2, -0.15) is 0 Å². The van der Waals surface area contributed by atoms with Crippen LogP contribution in [-0.4, -0.2) is 38.4 Å². The summed E-state index contributed by atoms with van der Waals surface area (Å²) in [6.45, 7) is 3.94. The van der Waals surface area contributed by atoms with Crippen LogP contribution in [0.2, 0.25) is 0 Å². The number of Topliss-reactive ketones (excluding diaryl/α,β-unsaturated/α-hetero) is 1. The Kier molecular flexibility index (Phi) is 6.77. The van der Waals surface area contributed by atoms with Gasteiger partial charge in [0.1, 0.15) is 11.6 Å². The summed E-state index contributed by atoms with van der Waals surface area (Å²) < 4.78 is 20.1. The van der Waals surface area contributed by atoms with Gasteiger partial charge in [0, 0.05) is 5.56 Å². The van der Waals surface area contributed by atoms with Gasteiger partial charge in [0.05, 0.1) is 12.3 Å². The van der Waals surface area contributed by atoms with Crippen molar-refractivity contribution in [3.05, 3.63) is 77.4 Å². The van der Waals surface area contributed by atoms with Crippen LogP contribution in [0.5, 0.6) is 0 Å². The molecular formula is C21H20FN3O3S. The van der Waals surface area contributed by atoms with Crippen molar-refractivity contribution in [3.63, 3.8) is 0 Å². The Morgan fingerprint density at radius 3 is 2.48 bits per heavy atom. The summed E-state index contributed by atoms with van der Waals surface area (Å²) in [5, 5.41) is 8.80. The van der Waals surface area contributed by atoms with Crippen molar-refractivity contribution < 1.29 is 18.7 Å². The molecule has 1 heterocycles. The normalized spacial score (nSPS) is 11.8. The van der Waals surface area contributed by atoms with E-state index < -0.39 is 17.9 Å². The van der Waals surface area contributed by atoms with Crippen molar-refractivity contribution in [3.8, 4) is 0 Å². The van der Waals surface area contributed by atoms with E-state index in [4.69, 9.17) is 4.74 Å². The van der Waals surface area contributed by atoms with Crippen LogP contribution in [0, 0.1) is 12.7 Å². The molecule has 0 saturated carbocycles. The summed E-state index contributed by atoms with van der Waals surface area (Å²) in [6, 6.07) is 15.0. The third-order valence-corrected chi connectivity index (χ3v) is 5.15. The second kappa shape index (κ2) is 9.47. The molecule has 0 aliphatic rings. The Bertz CT molecular complexity index is 990. The van der Waals surface area contributed by atoms with Crippen molar-refractivity contribution >= 4 is 23.5 Å². The van der Waals surface area contributed by atoms with E-state index in [1.807, 2.05) is 41.8 Å². The monoisotopic (exact) mass is 413 g/mol. The van der Waals surface area contributed by atoms with Crippen molar-refractivity contribution in [1.82, 2.24) is 14.8 Å². The van der Waals surface area contributed by atoms with Gasteiger partial charge < -0.3 is 9.30 Å². The molecule has 0 N–H and O–H groups in total. The average molecular weight is 413 g/mol. The third kappa shape index (κ3) is 5.51. The summed E-state index contributed by atoms with van der Waals surface area (Å²) >= 11 is 1.20. The quantitative estimate of drug-likeness (QED) is 0.319. The number of carbonyl (C=O) groups is 2. The van der Waals surface area contributed by atoms with Crippen LogP contribution in [0.25, 0.3) is 0 Å². The van der Waals surface area contributed by atoms with Gasteiger partial charge in [-0.05, 0) is 43.7 Å². The minimum atomic E-state index is -0.961. The number of halogens is 1. The van der Waals surface area contributed by atoms with E-state index in [-0.39, 0.29) is 17.1 Å². The molecule has 0 aliphatic heterocycles. The fourth-order valence-corrected chi connectivity index (χ4v) is 3.44. The second-order valence-corrected chi connectivity index (χ2v) is 7.34. The Balaban J connectivity index is 1.57. The lowest BCUT2D eigenvalue weighted by atomic mass is 10.1. The number of aromatic nitrogens is 3. The predicted octanol–water partition coefficient (Wildman–Crippen LogP) is 3.68. The van der Waals surface area contributed by atoms with Crippen molar-refractivity contribution in [2.45, 2.75) is 31.7 Å². The van der Waals surface area contributed by atoms with E-state index >= 15 is 0 Å². The maximum Gasteiger partial charge on any atom is 0.317 e. The van der Waals surface area contributed by atoms with E-state index in [9.17, 15) is 14.0 Å². The highest BCUT2D eigenvalue weighted by atomic mass is 32.2. The topological polar surface area (TPSA) is 74.1 Å². The van der Waals surface area contributed by atoms with Crippen LogP contribution in [-0.2, 0) is 16.1 Å². The molecule has 150 valence electrons. The Morgan fingerprint density at radius 2 is 1.79 bits per heavy atom. The smallest absolute Gasteiger partial charge is 0.317 e. The van der Waals surface area contributed by atoms with Crippen LogP contribution in [0.3, 0.4) is 0 Å². The molecule has 0 saturated heterocycles. The summed E-state index contributed by atoms with van der Waals surface area (Å²) in [7, 11) is 0. The van der Waals surface area contributed by atoms with Gasteiger partial charge in [0.15, 0.2) is 11.3 Å². The van der Waals surface area contributed by atoms with E-state index in [2.05, 4.69) is 10.2 Å². The maximum absolute atomic E-state index is 13.0. The molecule has 3 rings (SSSR count). The zero-order valence-electron chi connectivity index (χ0n) is 16.0. The summed E-state index contributed by atoms with van der Waals surface area (Å²) in [4.78, 5) is 24.5. The van der Waals surface area contributed by atoms with Gasteiger partial charge in [0.25, 0.3) is 0 Å². The molecular weight excluding hydrogens is 393 g/mol. The number of nitrogens with zero attached hydrogens (tertiary/aromatic N) is 3. The number of benzene rings is 2. The van der Waals surface area contributed by atoms with Gasteiger partial charge in [-0.15, -0.1) is 10.2 Å². The highest BCUT2D eigenvalue weighted by Gasteiger charge is 2.20. The van der Waals surface area contributed by atoms with Crippen LogP contribution < -0.4 is 0 Å². The number of esters is 1. The number of carbonyl (C=O) groups excluding carboxylic acids is 2. The fourth-order valence-electron chi connectivity index (χ4n) is 2.67. The van der Waals surface area contributed by atoms with Gasteiger partial charge in [0.2, 0.25) is 5.78 Å².